The van der Waals surface area contributed by atoms with Gasteiger partial charge in [0.05, 0.1) is 6.54 Å². The van der Waals surface area contributed by atoms with Crippen molar-refractivity contribution in [1.82, 2.24) is 14.8 Å². The third-order valence-electron chi connectivity index (χ3n) is 4.89. The van der Waals surface area contributed by atoms with E-state index in [1.165, 1.54) is 11.3 Å². The van der Waals surface area contributed by atoms with Gasteiger partial charge in [0.2, 0.25) is 5.13 Å². The maximum atomic E-state index is 12.6. The number of nitrogens with one attached hydrogen (secondary N) is 1. The highest BCUT2D eigenvalue weighted by molar-refractivity contribution is 9.10. The minimum Gasteiger partial charge on any atom is -0.492 e. The molecule has 166 valence electrons. The van der Waals surface area contributed by atoms with Crippen molar-refractivity contribution in [1.29, 1.82) is 5.26 Å². The Labute approximate surface area is 203 Å². The third-order valence-corrected chi connectivity index (χ3v) is 6.40. The lowest BCUT2D eigenvalue weighted by Gasteiger charge is -2.08. The summed E-state index contributed by atoms with van der Waals surface area (Å²) in [5.74, 6) is 0.285. The largest absolute Gasteiger partial charge is 0.492 e. The second-order valence-corrected chi connectivity index (χ2v) is 9.05. The van der Waals surface area contributed by atoms with Gasteiger partial charge in [-0.3, -0.25) is 10.1 Å². The second-order valence-electron chi connectivity index (χ2n) is 7.08. The summed E-state index contributed by atoms with van der Waals surface area (Å²) >= 11 is 4.71. The first-order chi connectivity index (χ1) is 16.1. The lowest BCUT2D eigenvalue weighted by Crippen LogP contribution is -2.13. The lowest BCUT2D eigenvalue weighted by atomic mass is 10.1. The fourth-order valence-corrected chi connectivity index (χ4v) is 4.22. The Hall–Kier alpha value is -3.48. The first-order valence-electron chi connectivity index (χ1n) is 10.3. The summed E-state index contributed by atoms with van der Waals surface area (Å²) in [6.07, 6.45) is 4.27. The van der Waals surface area contributed by atoms with E-state index in [4.69, 9.17) is 4.74 Å². The van der Waals surface area contributed by atoms with E-state index in [0.29, 0.717) is 18.3 Å². The van der Waals surface area contributed by atoms with Crippen molar-refractivity contribution in [2.45, 2.75) is 19.9 Å². The standard InChI is InChI=1S/C24H20BrN5O2S/c1-2-22-28-29-24(33-22)27-23(31)16(14-26)13-17-15-30(21-6-4-3-5-20(17)21)11-12-32-19-9-7-18(25)8-10-19/h3-10,13,15H,2,11-12H2,1H3,(H,27,29,31)/b16-13-. The maximum Gasteiger partial charge on any atom is 0.268 e. The molecule has 2 heterocycles. The molecule has 1 amide bonds. The van der Waals surface area contributed by atoms with Gasteiger partial charge in [-0.25, -0.2) is 0 Å². The number of amides is 1. The number of carbonyl (C=O) groups excluding carboxylic acids is 1. The van der Waals surface area contributed by atoms with E-state index < -0.39 is 5.91 Å². The van der Waals surface area contributed by atoms with Crippen LogP contribution in [0.5, 0.6) is 5.75 Å². The Morgan fingerprint density at radius 3 is 2.76 bits per heavy atom. The highest BCUT2D eigenvalue weighted by atomic mass is 79.9. The zero-order valence-electron chi connectivity index (χ0n) is 17.8. The van der Waals surface area contributed by atoms with E-state index >= 15 is 0 Å². The molecule has 33 heavy (non-hydrogen) atoms. The number of nitrogens with zero attached hydrogens (tertiary/aromatic N) is 4. The number of carbonyl (C=O) groups is 1. The molecule has 0 bridgehead atoms. The molecular weight excluding hydrogens is 502 g/mol. The van der Waals surface area contributed by atoms with Gasteiger partial charge in [0, 0.05) is 27.1 Å². The molecule has 0 fully saturated rings. The van der Waals surface area contributed by atoms with Crippen LogP contribution in [0.3, 0.4) is 0 Å². The van der Waals surface area contributed by atoms with Crippen LogP contribution in [0.4, 0.5) is 5.13 Å². The molecule has 0 saturated carbocycles. The van der Waals surface area contributed by atoms with Crippen LogP contribution >= 0.6 is 27.3 Å². The Bertz CT molecular complexity index is 1350. The normalized spacial score (nSPS) is 11.4. The number of rotatable bonds is 8. The van der Waals surface area contributed by atoms with E-state index in [1.54, 1.807) is 6.08 Å². The van der Waals surface area contributed by atoms with Crippen molar-refractivity contribution in [3.8, 4) is 11.8 Å². The maximum absolute atomic E-state index is 12.6. The molecule has 9 heteroatoms. The molecule has 0 aliphatic carbocycles. The number of fused-ring (bicyclic) bond motifs is 1. The molecule has 0 spiro atoms. The molecular formula is C24H20BrN5O2S. The van der Waals surface area contributed by atoms with Crippen molar-refractivity contribution in [3.05, 3.63) is 75.3 Å². The Morgan fingerprint density at radius 1 is 1.24 bits per heavy atom. The first-order valence-corrected chi connectivity index (χ1v) is 11.9. The second kappa shape index (κ2) is 10.4. The summed E-state index contributed by atoms with van der Waals surface area (Å²) < 4.78 is 8.91. The molecule has 0 radical (unpaired) electrons. The lowest BCUT2D eigenvalue weighted by molar-refractivity contribution is -0.112. The highest BCUT2D eigenvalue weighted by Gasteiger charge is 2.14. The smallest absolute Gasteiger partial charge is 0.268 e. The molecule has 0 unspecified atom stereocenters. The molecule has 7 nitrogen and oxygen atoms in total. The van der Waals surface area contributed by atoms with Crippen molar-refractivity contribution in [2.75, 3.05) is 11.9 Å². The number of aromatic nitrogens is 3. The molecule has 0 saturated heterocycles. The molecule has 1 N–H and O–H groups in total. The molecule has 4 aromatic rings. The number of halogens is 1. The third kappa shape index (κ3) is 5.48. The molecule has 2 aromatic carbocycles. The van der Waals surface area contributed by atoms with Gasteiger partial charge in [-0.1, -0.05) is 52.4 Å². The van der Waals surface area contributed by atoms with Gasteiger partial charge in [-0.05, 0) is 42.8 Å². The highest BCUT2D eigenvalue weighted by Crippen LogP contribution is 2.25. The van der Waals surface area contributed by atoms with Gasteiger partial charge in [-0.2, -0.15) is 5.26 Å². The summed E-state index contributed by atoms with van der Waals surface area (Å²) in [7, 11) is 0. The van der Waals surface area contributed by atoms with E-state index in [9.17, 15) is 10.1 Å². The quantitative estimate of drug-likeness (QED) is 0.246. The fraction of sp³-hybridized carbons (Fsp3) is 0.167. The van der Waals surface area contributed by atoms with Crippen molar-refractivity contribution in [3.63, 3.8) is 0 Å². The zero-order valence-corrected chi connectivity index (χ0v) is 20.2. The summed E-state index contributed by atoms with van der Waals surface area (Å²) in [5.41, 5.74) is 1.78. The number of nitriles is 1. The van der Waals surface area contributed by atoms with E-state index in [1.807, 2.05) is 67.7 Å². The molecule has 4 rings (SSSR count). The number of aryl methyl sites for hydroxylation is 1. The molecule has 2 aromatic heterocycles. The van der Waals surface area contributed by atoms with Gasteiger partial charge in [0.1, 0.15) is 29.0 Å². The van der Waals surface area contributed by atoms with Crippen LogP contribution in [-0.2, 0) is 17.8 Å². The van der Waals surface area contributed by atoms with Crippen molar-refractivity contribution >= 4 is 55.3 Å². The Morgan fingerprint density at radius 2 is 2.03 bits per heavy atom. The van der Waals surface area contributed by atoms with Gasteiger partial charge in [0.15, 0.2) is 0 Å². The molecule has 0 atom stereocenters. The summed E-state index contributed by atoms with van der Waals surface area (Å²) in [6.45, 7) is 3.06. The van der Waals surface area contributed by atoms with Crippen LogP contribution < -0.4 is 10.1 Å². The van der Waals surface area contributed by atoms with Crippen LogP contribution in [0.25, 0.3) is 17.0 Å². The first kappa shape index (κ1) is 22.7. The summed E-state index contributed by atoms with van der Waals surface area (Å²) in [5, 5.41) is 22.4. The van der Waals surface area contributed by atoms with Crippen LogP contribution in [0.1, 0.15) is 17.5 Å². The molecule has 0 aliphatic heterocycles. The average Bonchev–Trinajstić information content (AvgIpc) is 3.43. The number of hydrogen-bond acceptors (Lipinski definition) is 6. The van der Waals surface area contributed by atoms with Crippen LogP contribution in [0, 0.1) is 11.3 Å². The predicted molar refractivity (Wildman–Crippen MR) is 133 cm³/mol. The Balaban J connectivity index is 1.53. The SMILES string of the molecule is CCc1nnc(NC(=O)/C(C#N)=C\c2cn(CCOc3ccc(Br)cc3)c3ccccc23)s1. The van der Waals surface area contributed by atoms with Crippen LogP contribution in [0.15, 0.2) is 64.8 Å². The number of hydrogen-bond donors (Lipinski definition) is 1. The number of anilines is 1. The van der Waals surface area contributed by atoms with Gasteiger partial charge in [0.25, 0.3) is 5.91 Å². The van der Waals surface area contributed by atoms with Crippen molar-refractivity contribution < 1.29 is 9.53 Å². The van der Waals surface area contributed by atoms with E-state index in [2.05, 4.69) is 36.0 Å². The zero-order chi connectivity index (χ0) is 23.2. The predicted octanol–water partition coefficient (Wildman–Crippen LogP) is 5.44. The monoisotopic (exact) mass is 521 g/mol. The molecule has 0 aliphatic rings. The van der Waals surface area contributed by atoms with Gasteiger partial charge < -0.3 is 9.30 Å². The van der Waals surface area contributed by atoms with Gasteiger partial charge in [-0.15, -0.1) is 10.2 Å². The van der Waals surface area contributed by atoms with Crippen molar-refractivity contribution in [2.24, 2.45) is 0 Å². The summed E-state index contributed by atoms with van der Waals surface area (Å²) in [6, 6.07) is 17.6. The van der Waals surface area contributed by atoms with Crippen LogP contribution in [0.2, 0.25) is 0 Å². The Kier molecular flexibility index (Phi) is 7.17. The number of para-hydroxylation sites is 1. The topological polar surface area (TPSA) is 92.8 Å². The van der Waals surface area contributed by atoms with E-state index in [-0.39, 0.29) is 5.57 Å². The number of ether oxygens (including phenoxy) is 1. The summed E-state index contributed by atoms with van der Waals surface area (Å²) in [4.78, 5) is 12.6. The van der Waals surface area contributed by atoms with Crippen LogP contribution in [-0.4, -0.2) is 27.3 Å². The minimum absolute atomic E-state index is 0.00253. The van der Waals surface area contributed by atoms with E-state index in [0.717, 1.165) is 38.1 Å². The van der Waals surface area contributed by atoms with Gasteiger partial charge >= 0.3 is 0 Å². The number of benzene rings is 2. The average molecular weight is 522 g/mol. The minimum atomic E-state index is -0.508. The fourth-order valence-electron chi connectivity index (χ4n) is 3.28.